The SMILES string of the molecule is Cc1nn(Cc2ccc(F)cc2)c2sc(C(=O)Nc3nc(CN4CCCC4)cs3)cc12. The Hall–Kier alpha value is -2.62. The first-order valence-electron chi connectivity index (χ1n) is 10.2. The predicted molar refractivity (Wildman–Crippen MR) is 122 cm³/mol. The van der Waals surface area contributed by atoms with Crippen LogP contribution in [0.15, 0.2) is 35.7 Å². The average molecular weight is 456 g/mol. The van der Waals surface area contributed by atoms with Crippen molar-refractivity contribution in [1.82, 2.24) is 19.7 Å². The smallest absolute Gasteiger partial charge is 0.267 e. The molecule has 1 aromatic carbocycles. The number of thiophene rings is 1. The van der Waals surface area contributed by atoms with Crippen LogP contribution in [0.25, 0.3) is 10.2 Å². The predicted octanol–water partition coefficient (Wildman–Crippen LogP) is 4.90. The number of nitrogens with zero attached hydrogens (tertiary/aromatic N) is 4. The minimum Gasteiger partial charge on any atom is -0.297 e. The van der Waals surface area contributed by atoms with E-state index >= 15 is 0 Å². The average Bonchev–Trinajstić information content (AvgIpc) is 3.52. The summed E-state index contributed by atoms with van der Waals surface area (Å²) in [6, 6.07) is 8.28. The van der Waals surface area contributed by atoms with Gasteiger partial charge in [-0.25, -0.2) is 9.37 Å². The van der Waals surface area contributed by atoms with Crippen molar-refractivity contribution in [3.63, 3.8) is 0 Å². The monoisotopic (exact) mass is 455 g/mol. The third-order valence-corrected chi connectivity index (χ3v) is 7.39. The van der Waals surface area contributed by atoms with Gasteiger partial charge in [0.05, 0.1) is 22.8 Å². The molecule has 1 amide bonds. The fourth-order valence-corrected chi connectivity index (χ4v) is 5.61. The van der Waals surface area contributed by atoms with Gasteiger partial charge in [0.15, 0.2) is 5.13 Å². The van der Waals surface area contributed by atoms with Crippen LogP contribution in [0, 0.1) is 12.7 Å². The van der Waals surface area contributed by atoms with E-state index in [2.05, 4.69) is 20.3 Å². The summed E-state index contributed by atoms with van der Waals surface area (Å²) >= 11 is 2.87. The molecule has 1 N–H and O–H groups in total. The van der Waals surface area contributed by atoms with Gasteiger partial charge in [0.1, 0.15) is 10.6 Å². The molecule has 1 fully saturated rings. The molecule has 5 rings (SSSR count). The number of halogens is 1. The van der Waals surface area contributed by atoms with Crippen LogP contribution in [0.5, 0.6) is 0 Å². The molecule has 6 nitrogen and oxygen atoms in total. The molecule has 0 atom stereocenters. The van der Waals surface area contributed by atoms with E-state index in [9.17, 15) is 9.18 Å². The second kappa shape index (κ2) is 8.49. The Bertz CT molecular complexity index is 1220. The summed E-state index contributed by atoms with van der Waals surface area (Å²) in [5, 5.41) is 11.1. The molecule has 0 saturated carbocycles. The molecule has 0 bridgehead atoms. The van der Waals surface area contributed by atoms with Gasteiger partial charge in [-0.3, -0.25) is 19.7 Å². The number of amides is 1. The number of likely N-dealkylation sites (tertiary alicyclic amines) is 1. The molecule has 1 aliphatic heterocycles. The van der Waals surface area contributed by atoms with Crippen molar-refractivity contribution in [2.75, 3.05) is 18.4 Å². The standard InChI is InChI=1S/C22H22FN5OS2/c1-14-18-10-19(31-21(18)28(26-14)11-15-4-6-16(23)7-5-15)20(29)25-22-24-17(13-30-22)12-27-8-2-3-9-27/h4-7,10,13H,2-3,8-9,11-12H2,1H3,(H,24,25,29). The van der Waals surface area contributed by atoms with Gasteiger partial charge in [-0.1, -0.05) is 12.1 Å². The van der Waals surface area contributed by atoms with Gasteiger partial charge < -0.3 is 0 Å². The number of aryl methyl sites for hydroxylation is 1. The Labute approximate surface area is 187 Å². The highest BCUT2D eigenvalue weighted by atomic mass is 32.1. The molecule has 0 unspecified atom stereocenters. The van der Waals surface area contributed by atoms with Gasteiger partial charge in [-0.05, 0) is 56.6 Å². The first-order chi connectivity index (χ1) is 15.0. The highest BCUT2D eigenvalue weighted by molar-refractivity contribution is 7.20. The zero-order chi connectivity index (χ0) is 21.4. The Balaban J connectivity index is 1.31. The molecular formula is C22H22FN5OS2. The largest absolute Gasteiger partial charge is 0.297 e. The Kier molecular flexibility index (Phi) is 5.56. The zero-order valence-corrected chi connectivity index (χ0v) is 18.7. The van der Waals surface area contributed by atoms with E-state index in [1.165, 1.54) is 47.6 Å². The minimum atomic E-state index is -0.258. The number of rotatable bonds is 6. The van der Waals surface area contributed by atoms with Crippen molar-refractivity contribution < 1.29 is 9.18 Å². The number of hydrogen-bond acceptors (Lipinski definition) is 6. The number of thiazole rings is 1. The van der Waals surface area contributed by atoms with Crippen LogP contribution in [-0.2, 0) is 13.1 Å². The summed E-state index contributed by atoms with van der Waals surface area (Å²) in [6.45, 7) is 5.54. The van der Waals surface area contributed by atoms with Crippen LogP contribution >= 0.6 is 22.7 Å². The molecule has 1 saturated heterocycles. The van der Waals surface area contributed by atoms with E-state index in [0.717, 1.165) is 46.8 Å². The third-order valence-electron chi connectivity index (χ3n) is 5.43. The number of fused-ring (bicyclic) bond motifs is 1. The molecule has 4 aromatic rings. The summed E-state index contributed by atoms with van der Waals surface area (Å²) in [6.07, 6.45) is 2.50. The van der Waals surface area contributed by atoms with Crippen LogP contribution in [0.3, 0.4) is 0 Å². The highest BCUT2D eigenvalue weighted by Gasteiger charge is 2.18. The molecule has 160 valence electrons. The molecule has 4 heterocycles. The van der Waals surface area contributed by atoms with Crippen molar-refractivity contribution in [3.05, 3.63) is 63.4 Å². The summed E-state index contributed by atoms with van der Waals surface area (Å²) in [4.78, 5) is 21.4. The summed E-state index contributed by atoms with van der Waals surface area (Å²) < 4.78 is 15.1. The van der Waals surface area contributed by atoms with Crippen LogP contribution in [0.2, 0.25) is 0 Å². The molecule has 31 heavy (non-hydrogen) atoms. The molecule has 3 aromatic heterocycles. The summed E-state index contributed by atoms with van der Waals surface area (Å²) in [5.74, 6) is -0.414. The lowest BCUT2D eigenvalue weighted by molar-refractivity contribution is 0.103. The Morgan fingerprint density at radius 2 is 1.97 bits per heavy atom. The second-order valence-corrected chi connectivity index (χ2v) is 9.67. The van der Waals surface area contributed by atoms with Crippen LogP contribution in [-0.4, -0.2) is 38.7 Å². The Morgan fingerprint density at radius 3 is 2.74 bits per heavy atom. The number of nitrogens with one attached hydrogen (secondary N) is 1. The van der Waals surface area contributed by atoms with Gasteiger partial charge in [0, 0.05) is 17.3 Å². The quantitative estimate of drug-likeness (QED) is 0.449. The first-order valence-corrected chi connectivity index (χ1v) is 11.9. The molecule has 0 spiro atoms. The third kappa shape index (κ3) is 4.39. The van der Waals surface area contributed by atoms with E-state index in [-0.39, 0.29) is 11.7 Å². The van der Waals surface area contributed by atoms with Gasteiger partial charge in [-0.15, -0.1) is 22.7 Å². The number of hydrogen-bond donors (Lipinski definition) is 1. The van der Waals surface area contributed by atoms with E-state index in [4.69, 9.17) is 0 Å². The van der Waals surface area contributed by atoms with Crippen molar-refractivity contribution in [1.29, 1.82) is 0 Å². The normalized spacial score (nSPS) is 14.5. The van der Waals surface area contributed by atoms with Crippen molar-refractivity contribution in [2.45, 2.75) is 32.9 Å². The van der Waals surface area contributed by atoms with E-state index in [1.807, 2.05) is 23.1 Å². The number of benzene rings is 1. The lowest BCUT2D eigenvalue weighted by Gasteiger charge is -2.11. The number of anilines is 1. The molecular weight excluding hydrogens is 433 g/mol. The summed E-state index contributed by atoms with van der Waals surface area (Å²) in [5.41, 5.74) is 2.83. The number of carbonyl (C=O) groups excluding carboxylic acids is 1. The van der Waals surface area contributed by atoms with Crippen LogP contribution in [0.4, 0.5) is 9.52 Å². The van der Waals surface area contributed by atoms with E-state index in [1.54, 1.807) is 12.1 Å². The second-order valence-electron chi connectivity index (χ2n) is 7.78. The maximum atomic E-state index is 13.2. The summed E-state index contributed by atoms with van der Waals surface area (Å²) in [7, 11) is 0. The fraction of sp³-hybridized carbons (Fsp3) is 0.318. The maximum absolute atomic E-state index is 13.2. The van der Waals surface area contributed by atoms with Gasteiger partial charge in [0.25, 0.3) is 5.91 Å². The first kappa shape index (κ1) is 20.3. The topological polar surface area (TPSA) is 63.1 Å². The molecule has 1 aliphatic rings. The maximum Gasteiger partial charge on any atom is 0.267 e. The molecule has 9 heteroatoms. The van der Waals surface area contributed by atoms with Crippen molar-refractivity contribution in [2.24, 2.45) is 0 Å². The molecule has 0 radical (unpaired) electrons. The number of carbonyl (C=O) groups is 1. The van der Waals surface area contributed by atoms with Crippen molar-refractivity contribution in [3.8, 4) is 0 Å². The van der Waals surface area contributed by atoms with Crippen LogP contribution in [0.1, 0.15) is 39.5 Å². The van der Waals surface area contributed by atoms with E-state index in [0.29, 0.717) is 16.6 Å². The highest BCUT2D eigenvalue weighted by Crippen LogP contribution is 2.30. The Morgan fingerprint density at radius 1 is 1.19 bits per heavy atom. The van der Waals surface area contributed by atoms with Crippen LogP contribution < -0.4 is 5.32 Å². The number of aromatic nitrogens is 3. The lowest BCUT2D eigenvalue weighted by atomic mass is 10.2. The fourth-order valence-electron chi connectivity index (χ4n) is 3.86. The van der Waals surface area contributed by atoms with Crippen molar-refractivity contribution >= 4 is 43.9 Å². The van der Waals surface area contributed by atoms with Gasteiger partial charge in [0.2, 0.25) is 0 Å². The van der Waals surface area contributed by atoms with E-state index < -0.39 is 0 Å². The molecule has 0 aliphatic carbocycles. The minimum absolute atomic E-state index is 0.156. The lowest BCUT2D eigenvalue weighted by Crippen LogP contribution is -2.18. The zero-order valence-electron chi connectivity index (χ0n) is 17.1. The van der Waals surface area contributed by atoms with Gasteiger partial charge in [-0.2, -0.15) is 5.10 Å². The van der Waals surface area contributed by atoms with Gasteiger partial charge >= 0.3 is 0 Å².